The van der Waals surface area contributed by atoms with E-state index in [1.54, 1.807) is 6.92 Å². The fourth-order valence-electron chi connectivity index (χ4n) is 2.32. The first-order valence-corrected chi connectivity index (χ1v) is 7.78. The number of Topliss-reactive ketones (excluding diaryl/α,β-unsaturated/α-hetero) is 1. The number of esters is 1. The van der Waals surface area contributed by atoms with Gasteiger partial charge in [0.15, 0.2) is 0 Å². The molecule has 1 aliphatic heterocycles. The topological polar surface area (TPSA) is 53.1 Å². The zero-order chi connectivity index (χ0) is 15.7. The SMILES string of the molecule is CCOC(=O)CCC(=O)CN1CCN(CCN(C)C)CC1. The number of hydrogen-bond donors (Lipinski definition) is 0. The molecule has 0 aromatic rings. The van der Waals surface area contributed by atoms with Gasteiger partial charge < -0.3 is 9.64 Å². The van der Waals surface area contributed by atoms with Gasteiger partial charge in [-0.2, -0.15) is 0 Å². The second kappa shape index (κ2) is 9.87. The Morgan fingerprint density at radius 2 is 1.67 bits per heavy atom. The van der Waals surface area contributed by atoms with Gasteiger partial charge >= 0.3 is 5.97 Å². The van der Waals surface area contributed by atoms with E-state index in [1.165, 1.54) is 0 Å². The van der Waals surface area contributed by atoms with E-state index in [0.29, 0.717) is 19.6 Å². The molecule has 0 aliphatic carbocycles. The van der Waals surface area contributed by atoms with Crippen LogP contribution in [0.1, 0.15) is 19.8 Å². The molecule has 1 fully saturated rings. The van der Waals surface area contributed by atoms with Gasteiger partial charge in [0.1, 0.15) is 5.78 Å². The second-order valence-corrected chi connectivity index (χ2v) is 5.76. The van der Waals surface area contributed by atoms with Crippen LogP contribution < -0.4 is 0 Å². The van der Waals surface area contributed by atoms with Crippen molar-refractivity contribution in [3.63, 3.8) is 0 Å². The Labute approximate surface area is 128 Å². The molecule has 0 spiro atoms. The second-order valence-electron chi connectivity index (χ2n) is 5.76. The number of carbonyl (C=O) groups is 2. The highest BCUT2D eigenvalue weighted by atomic mass is 16.5. The molecule has 0 radical (unpaired) electrons. The largest absolute Gasteiger partial charge is 0.466 e. The van der Waals surface area contributed by atoms with E-state index in [-0.39, 0.29) is 18.2 Å². The molecule has 122 valence electrons. The van der Waals surface area contributed by atoms with Crippen molar-refractivity contribution in [3.05, 3.63) is 0 Å². The van der Waals surface area contributed by atoms with Crippen LogP contribution in [0.2, 0.25) is 0 Å². The zero-order valence-corrected chi connectivity index (χ0v) is 13.6. The van der Waals surface area contributed by atoms with E-state index in [1.807, 2.05) is 0 Å². The molecule has 21 heavy (non-hydrogen) atoms. The van der Waals surface area contributed by atoms with Crippen molar-refractivity contribution in [1.82, 2.24) is 14.7 Å². The molecular formula is C15H29N3O3. The van der Waals surface area contributed by atoms with Gasteiger partial charge in [-0.3, -0.25) is 19.4 Å². The Bertz CT molecular complexity index is 326. The molecule has 0 bridgehead atoms. The quantitative estimate of drug-likeness (QED) is 0.562. The van der Waals surface area contributed by atoms with Gasteiger partial charge in [0.25, 0.3) is 0 Å². The lowest BCUT2D eigenvalue weighted by Crippen LogP contribution is -2.49. The Kier molecular flexibility index (Phi) is 8.49. The first-order valence-electron chi connectivity index (χ1n) is 7.78. The van der Waals surface area contributed by atoms with Crippen molar-refractivity contribution in [2.75, 3.05) is 66.5 Å². The lowest BCUT2D eigenvalue weighted by Gasteiger charge is -2.34. The van der Waals surface area contributed by atoms with Crippen LogP contribution in [0.5, 0.6) is 0 Å². The molecule has 6 nitrogen and oxygen atoms in total. The van der Waals surface area contributed by atoms with Crippen molar-refractivity contribution >= 4 is 11.8 Å². The molecule has 1 aliphatic rings. The molecule has 1 rings (SSSR count). The maximum absolute atomic E-state index is 11.8. The minimum Gasteiger partial charge on any atom is -0.466 e. The van der Waals surface area contributed by atoms with Crippen LogP contribution >= 0.6 is 0 Å². The summed E-state index contributed by atoms with van der Waals surface area (Å²) in [5, 5.41) is 0. The summed E-state index contributed by atoms with van der Waals surface area (Å²) < 4.78 is 4.83. The molecule has 0 saturated carbocycles. The number of carbonyl (C=O) groups excluding carboxylic acids is 2. The van der Waals surface area contributed by atoms with E-state index in [4.69, 9.17) is 4.74 Å². The number of nitrogens with zero attached hydrogens (tertiary/aromatic N) is 3. The van der Waals surface area contributed by atoms with Crippen molar-refractivity contribution in [2.24, 2.45) is 0 Å². The number of ketones is 1. The lowest BCUT2D eigenvalue weighted by atomic mass is 10.2. The molecule has 0 atom stereocenters. The highest BCUT2D eigenvalue weighted by molar-refractivity contribution is 5.84. The Morgan fingerprint density at radius 3 is 2.24 bits per heavy atom. The summed E-state index contributed by atoms with van der Waals surface area (Å²) in [6.07, 6.45) is 0.495. The Balaban J connectivity index is 2.14. The molecule has 1 heterocycles. The zero-order valence-electron chi connectivity index (χ0n) is 13.6. The number of ether oxygens (including phenoxy) is 1. The van der Waals surface area contributed by atoms with Crippen molar-refractivity contribution in [1.29, 1.82) is 0 Å². The van der Waals surface area contributed by atoms with Gasteiger partial charge in [-0.15, -0.1) is 0 Å². The van der Waals surface area contributed by atoms with E-state index in [0.717, 1.165) is 39.3 Å². The van der Waals surface area contributed by atoms with E-state index in [9.17, 15) is 9.59 Å². The van der Waals surface area contributed by atoms with Crippen LogP contribution in [0.3, 0.4) is 0 Å². The Hall–Kier alpha value is -0.980. The maximum atomic E-state index is 11.8. The average molecular weight is 299 g/mol. The van der Waals surface area contributed by atoms with Crippen LogP contribution in [0.25, 0.3) is 0 Å². The van der Waals surface area contributed by atoms with Crippen LogP contribution in [-0.4, -0.2) is 93.0 Å². The third-order valence-corrected chi connectivity index (χ3v) is 3.64. The minimum absolute atomic E-state index is 0.129. The monoisotopic (exact) mass is 299 g/mol. The lowest BCUT2D eigenvalue weighted by molar-refractivity contribution is -0.144. The molecule has 0 N–H and O–H groups in total. The fraction of sp³-hybridized carbons (Fsp3) is 0.867. The van der Waals surface area contributed by atoms with E-state index in [2.05, 4.69) is 28.8 Å². The smallest absolute Gasteiger partial charge is 0.306 e. The van der Waals surface area contributed by atoms with Crippen LogP contribution in [0.4, 0.5) is 0 Å². The number of piperazine rings is 1. The summed E-state index contributed by atoms with van der Waals surface area (Å²) in [6.45, 7) is 8.64. The van der Waals surface area contributed by atoms with E-state index >= 15 is 0 Å². The first-order chi connectivity index (χ1) is 10.0. The van der Waals surface area contributed by atoms with Gasteiger partial charge in [0.05, 0.1) is 19.6 Å². The van der Waals surface area contributed by atoms with Gasteiger partial charge in [0, 0.05) is 45.7 Å². The summed E-state index contributed by atoms with van der Waals surface area (Å²) in [5.41, 5.74) is 0. The molecule has 0 aromatic carbocycles. The molecule has 1 saturated heterocycles. The van der Waals surface area contributed by atoms with Gasteiger partial charge in [0.2, 0.25) is 0 Å². The number of hydrogen-bond acceptors (Lipinski definition) is 6. The standard InChI is InChI=1S/C15H29N3O3/c1-4-21-15(20)6-5-14(19)13-18-11-9-17(10-12-18)8-7-16(2)3/h4-13H2,1-3H3. The third-order valence-electron chi connectivity index (χ3n) is 3.64. The third kappa shape index (κ3) is 8.14. The minimum atomic E-state index is -0.278. The van der Waals surface area contributed by atoms with Crippen LogP contribution in [0, 0.1) is 0 Å². The van der Waals surface area contributed by atoms with E-state index < -0.39 is 0 Å². The summed E-state index contributed by atoms with van der Waals surface area (Å²) in [7, 11) is 4.16. The highest BCUT2D eigenvalue weighted by Crippen LogP contribution is 2.03. The van der Waals surface area contributed by atoms with Crippen molar-refractivity contribution < 1.29 is 14.3 Å². The molecule has 0 unspecified atom stereocenters. The maximum Gasteiger partial charge on any atom is 0.306 e. The number of rotatable bonds is 9. The van der Waals surface area contributed by atoms with Gasteiger partial charge in [-0.1, -0.05) is 0 Å². The molecule has 0 amide bonds. The average Bonchev–Trinajstić information content (AvgIpc) is 2.45. The summed E-state index contributed by atoms with van der Waals surface area (Å²) in [5.74, 6) is -0.149. The summed E-state index contributed by atoms with van der Waals surface area (Å²) in [4.78, 5) is 29.9. The Morgan fingerprint density at radius 1 is 1.05 bits per heavy atom. The normalized spacial score (nSPS) is 17.1. The van der Waals surface area contributed by atoms with Crippen LogP contribution in [-0.2, 0) is 14.3 Å². The molecule has 0 aromatic heterocycles. The number of likely N-dealkylation sites (N-methyl/N-ethyl adjacent to an activating group) is 1. The first kappa shape index (κ1) is 18.1. The van der Waals surface area contributed by atoms with Crippen molar-refractivity contribution in [2.45, 2.75) is 19.8 Å². The highest BCUT2D eigenvalue weighted by Gasteiger charge is 2.19. The molecule has 6 heteroatoms. The summed E-state index contributed by atoms with van der Waals surface area (Å²) in [6, 6.07) is 0. The predicted molar refractivity (Wildman–Crippen MR) is 82.3 cm³/mol. The molecular weight excluding hydrogens is 270 g/mol. The van der Waals surface area contributed by atoms with Crippen molar-refractivity contribution in [3.8, 4) is 0 Å². The fourth-order valence-corrected chi connectivity index (χ4v) is 2.32. The summed E-state index contributed by atoms with van der Waals surface area (Å²) >= 11 is 0. The van der Waals surface area contributed by atoms with Gasteiger partial charge in [-0.25, -0.2) is 0 Å². The predicted octanol–water partition coefficient (Wildman–Crippen LogP) is 0.0780. The van der Waals surface area contributed by atoms with Crippen LogP contribution in [0.15, 0.2) is 0 Å². The van der Waals surface area contributed by atoms with Gasteiger partial charge in [-0.05, 0) is 21.0 Å².